The zero-order chi connectivity index (χ0) is 26.9. The second-order valence-electron chi connectivity index (χ2n) is 8.66. The van der Waals surface area contributed by atoms with Crippen molar-refractivity contribution < 1.29 is 32.3 Å². The molecule has 1 saturated heterocycles. The first-order valence-electron chi connectivity index (χ1n) is 11.4. The second-order valence-corrected chi connectivity index (χ2v) is 8.66. The average molecular weight is 512 g/mol. The van der Waals surface area contributed by atoms with E-state index < -0.39 is 29.1 Å². The zero-order valence-corrected chi connectivity index (χ0v) is 20.1. The summed E-state index contributed by atoms with van der Waals surface area (Å²) in [6, 6.07) is 11.1. The van der Waals surface area contributed by atoms with Crippen LogP contribution >= 0.6 is 0 Å². The molecule has 11 heteroatoms. The Morgan fingerprint density at radius 1 is 1.05 bits per heavy atom. The fourth-order valence-electron chi connectivity index (χ4n) is 4.43. The highest BCUT2D eigenvalue weighted by atomic mass is 19.4. The number of nitriles is 1. The lowest BCUT2D eigenvalue weighted by Crippen LogP contribution is -2.49. The molecule has 0 aromatic heterocycles. The van der Waals surface area contributed by atoms with Crippen LogP contribution in [0.1, 0.15) is 28.4 Å². The molecule has 3 amide bonds. The third-order valence-corrected chi connectivity index (χ3v) is 6.50. The topological polar surface area (TPSA) is 93.9 Å². The van der Waals surface area contributed by atoms with Crippen LogP contribution in [0.2, 0.25) is 0 Å². The molecule has 2 aromatic carbocycles. The van der Waals surface area contributed by atoms with Crippen LogP contribution in [-0.4, -0.2) is 67.4 Å². The van der Waals surface area contributed by atoms with Crippen molar-refractivity contribution in [3.63, 3.8) is 0 Å². The number of methoxy groups -OCH3 is 1. The van der Waals surface area contributed by atoms with Gasteiger partial charge >= 0.3 is 6.18 Å². The Balaban J connectivity index is 1.46. The lowest BCUT2D eigenvalue weighted by Gasteiger charge is -2.35. The first-order valence-corrected chi connectivity index (χ1v) is 11.4. The number of hydrogen-bond acceptors (Lipinski definition) is 6. The van der Waals surface area contributed by atoms with Crippen LogP contribution in [0.4, 0.5) is 18.9 Å². The molecule has 0 aliphatic carbocycles. The van der Waals surface area contributed by atoms with Gasteiger partial charge in [0.25, 0.3) is 17.7 Å². The summed E-state index contributed by atoms with van der Waals surface area (Å²) >= 11 is 0. The smallest absolute Gasteiger partial charge is 0.417 e. The highest BCUT2D eigenvalue weighted by Crippen LogP contribution is 2.36. The van der Waals surface area contributed by atoms with E-state index in [4.69, 9.17) is 10.00 Å². The lowest BCUT2D eigenvalue weighted by molar-refractivity contribution is -0.138. The van der Waals surface area contributed by atoms with E-state index in [9.17, 15) is 27.6 Å². The normalized spacial score (nSPS) is 16.9. The van der Waals surface area contributed by atoms with Gasteiger partial charge in [-0.3, -0.25) is 19.3 Å². The quantitative estimate of drug-likeness (QED) is 0.571. The molecule has 192 valence electrons. The number of alkyl halides is 3. The highest BCUT2D eigenvalue weighted by Gasteiger charge is 2.40. The number of nitrogens with zero attached hydrogens (tertiary/aromatic N) is 4. The summed E-state index contributed by atoms with van der Waals surface area (Å²) in [6.07, 6.45) is -4.82. The Morgan fingerprint density at radius 3 is 2.35 bits per heavy atom. The van der Waals surface area contributed by atoms with Crippen LogP contribution in [0, 0.1) is 11.3 Å². The van der Waals surface area contributed by atoms with E-state index in [1.165, 1.54) is 20.1 Å². The summed E-state index contributed by atoms with van der Waals surface area (Å²) in [6.45, 7) is 3.24. The molecule has 8 nitrogen and oxygen atoms in total. The monoisotopic (exact) mass is 512 g/mol. The SMILES string of the molecule is COc1ccccc1C(=O)N1CCN(CC2=C(C)C(=O)N(c3ccc(C#N)c(C(F)(F)F)c3)C2=O)CC1. The molecule has 2 aliphatic rings. The van der Waals surface area contributed by atoms with Crippen molar-refractivity contribution in [1.82, 2.24) is 9.80 Å². The minimum atomic E-state index is -4.82. The van der Waals surface area contributed by atoms with Crippen molar-refractivity contribution in [2.45, 2.75) is 13.1 Å². The van der Waals surface area contributed by atoms with Gasteiger partial charge in [0.05, 0.1) is 35.6 Å². The third-order valence-electron chi connectivity index (χ3n) is 6.50. The van der Waals surface area contributed by atoms with E-state index >= 15 is 0 Å². The van der Waals surface area contributed by atoms with Crippen LogP contribution in [0.3, 0.4) is 0 Å². The number of piperazine rings is 1. The van der Waals surface area contributed by atoms with Gasteiger partial charge in [-0.1, -0.05) is 12.1 Å². The summed E-state index contributed by atoms with van der Waals surface area (Å²) in [5.74, 6) is -1.11. The van der Waals surface area contributed by atoms with Gasteiger partial charge in [0, 0.05) is 43.9 Å². The minimum absolute atomic E-state index is 0.117. The van der Waals surface area contributed by atoms with Crippen molar-refractivity contribution in [3.05, 3.63) is 70.3 Å². The number of hydrogen-bond donors (Lipinski definition) is 0. The van der Waals surface area contributed by atoms with Gasteiger partial charge in [-0.15, -0.1) is 0 Å². The van der Waals surface area contributed by atoms with Crippen LogP contribution in [-0.2, 0) is 15.8 Å². The number of imide groups is 1. The zero-order valence-electron chi connectivity index (χ0n) is 20.1. The predicted molar refractivity (Wildman–Crippen MR) is 127 cm³/mol. The van der Waals surface area contributed by atoms with Gasteiger partial charge in [0.2, 0.25) is 0 Å². The maximum Gasteiger partial charge on any atom is 0.417 e. The molecule has 0 bridgehead atoms. The van der Waals surface area contributed by atoms with E-state index in [0.717, 1.165) is 12.1 Å². The summed E-state index contributed by atoms with van der Waals surface area (Å²) < 4.78 is 45.5. The number of ether oxygens (including phenoxy) is 1. The maximum atomic E-state index is 13.4. The van der Waals surface area contributed by atoms with E-state index in [0.29, 0.717) is 48.5 Å². The summed E-state index contributed by atoms with van der Waals surface area (Å²) in [5.41, 5.74) is -1.27. The van der Waals surface area contributed by atoms with Gasteiger partial charge in [0.1, 0.15) is 5.75 Å². The fraction of sp³-hybridized carbons (Fsp3) is 0.308. The summed E-state index contributed by atoms with van der Waals surface area (Å²) in [7, 11) is 1.49. The van der Waals surface area contributed by atoms with Crippen molar-refractivity contribution >= 4 is 23.4 Å². The fourth-order valence-corrected chi connectivity index (χ4v) is 4.43. The molecule has 0 atom stereocenters. The molecule has 0 unspecified atom stereocenters. The Labute approximate surface area is 211 Å². The first kappa shape index (κ1) is 25.9. The van der Waals surface area contributed by atoms with Crippen LogP contribution in [0.5, 0.6) is 5.75 Å². The Hall–Kier alpha value is -4.17. The number of rotatable bonds is 5. The number of halogens is 3. The maximum absolute atomic E-state index is 13.4. The molecule has 4 rings (SSSR count). The van der Waals surface area contributed by atoms with Gasteiger partial charge in [0.15, 0.2) is 0 Å². The summed E-state index contributed by atoms with van der Waals surface area (Å²) in [5, 5.41) is 9.01. The number of carbonyl (C=O) groups is 3. The van der Waals surface area contributed by atoms with Crippen LogP contribution in [0.15, 0.2) is 53.6 Å². The van der Waals surface area contributed by atoms with Crippen molar-refractivity contribution in [2.75, 3.05) is 44.7 Å². The molecular formula is C26H23F3N4O4. The number of carbonyl (C=O) groups excluding carboxylic acids is 3. The Kier molecular flexibility index (Phi) is 7.05. The molecule has 2 aromatic rings. The van der Waals surface area contributed by atoms with Gasteiger partial charge < -0.3 is 9.64 Å². The van der Waals surface area contributed by atoms with Gasteiger partial charge in [-0.25, -0.2) is 4.90 Å². The largest absolute Gasteiger partial charge is 0.496 e. The van der Waals surface area contributed by atoms with E-state index in [2.05, 4.69) is 0 Å². The van der Waals surface area contributed by atoms with E-state index in [1.54, 1.807) is 29.2 Å². The standard InChI is InChI=1S/C26H23F3N4O4/c1-16-20(15-31-9-11-32(12-10-31)24(35)19-5-3-4-6-22(19)37-2)25(36)33(23(16)34)18-8-7-17(14-30)21(13-18)26(27,28)29/h3-8,13H,9-12,15H2,1-2H3. The van der Waals surface area contributed by atoms with Crippen molar-refractivity contribution in [2.24, 2.45) is 0 Å². The third kappa shape index (κ3) is 4.93. The highest BCUT2D eigenvalue weighted by molar-refractivity contribution is 6.32. The van der Waals surface area contributed by atoms with Crippen molar-refractivity contribution in [3.8, 4) is 11.8 Å². The van der Waals surface area contributed by atoms with Gasteiger partial charge in [-0.05, 0) is 37.3 Å². The number of anilines is 1. The van der Waals surface area contributed by atoms with Gasteiger partial charge in [-0.2, -0.15) is 18.4 Å². The number of para-hydroxylation sites is 1. The summed E-state index contributed by atoms with van der Waals surface area (Å²) in [4.78, 5) is 43.2. The molecule has 37 heavy (non-hydrogen) atoms. The molecule has 0 radical (unpaired) electrons. The van der Waals surface area contributed by atoms with Crippen LogP contribution < -0.4 is 9.64 Å². The molecule has 1 fully saturated rings. The van der Waals surface area contributed by atoms with E-state index in [1.807, 2.05) is 4.90 Å². The molecule has 0 saturated carbocycles. The lowest BCUT2D eigenvalue weighted by atomic mass is 10.1. The Bertz CT molecular complexity index is 1340. The number of benzene rings is 2. The predicted octanol–water partition coefficient (Wildman–Crippen LogP) is 3.23. The van der Waals surface area contributed by atoms with E-state index in [-0.39, 0.29) is 29.3 Å². The molecule has 2 aliphatic heterocycles. The first-order chi connectivity index (χ1) is 17.6. The average Bonchev–Trinajstić information content (AvgIpc) is 3.10. The molecule has 0 spiro atoms. The Morgan fingerprint density at radius 2 is 1.73 bits per heavy atom. The molecule has 0 N–H and O–H groups in total. The molecule has 2 heterocycles. The molecular weight excluding hydrogens is 489 g/mol. The van der Waals surface area contributed by atoms with Crippen LogP contribution in [0.25, 0.3) is 0 Å². The second kappa shape index (κ2) is 10.1. The number of amides is 3. The van der Waals surface area contributed by atoms with Crippen molar-refractivity contribution in [1.29, 1.82) is 5.26 Å². The minimum Gasteiger partial charge on any atom is -0.496 e.